The van der Waals surface area contributed by atoms with E-state index in [1.807, 2.05) is 4.90 Å². The Kier molecular flexibility index (Phi) is 6.21. The first kappa shape index (κ1) is 20.8. The first-order valence-corrected chi connectivity index (χ1v) is 9.19. The Labute approximate surface area is 164 Å². The van der Waals surface area contributed by atoms with Crippen LogP contribution in [-0.2, 0) is 24.1 Å². The summed E-state index contributed by atoms with van der Waals surface area (Å²) in [6, 6.07) is 7.53. The van der Waals surface area contributed by atoms with Crippen LogP contribution in [0, 0.1) is 0 Å². The van der Waals surface area contributed by atoms with Crippen LogP contribution in [0.4, 0.5) is 13.2 Å². The molecule has 29 heavy (non-hydrogen) atoms. The Morgan fingerprint density at radius 3 is 2.45 bits per heavy atom. The van der Waals surface area contributed by atoms with Gasteiger partial charge in [0.15, 0.2) is 0 Å². The average molecular weight is 410 g/mol. The van der Waals surface area contributed by atoms with E-state index in [0.717, 1.165) is 28.9 Å². The highest BCUT2D eigenvalue weighted by Crippen LogP contribution is 2.29. The molecule has 0 bridgehead atoms. The molecule has 0 aliphatic carbocycles. The van der Waals surface area contributed by atoms with E-state index in [4.69, 9.17) is 0 Å². The summed E-state index contributed by atoms with van der Waals surface area (Å²) < 4.78 is 39.6. The number of aromatic nitrogens is 2. The molecule has 3 rings (SSSR count). The smallest absolute Gasteiger partial charge is 0.340 e. The summed E-state index contributed by atoms with van der Waals surface area (Å²) in [7, 11) is 0. The molecule has 2 aromatic rings. The van der Waals surface area contributed by atoms with Gasteiger partial charge in [0.1, 0.15) is 0 Å². The zero-order valence-electron chi connectivity index (χ0n) is 15.6. The van der Waals surface area contributed by atoms with Crippen LogP contribution >= 0.6 is 0 Å². The van der Waals surface area contributed by atoms with E-state index in [-0.39, 0.29) is 24.4 Å². The molecule has 1 aliphatic rings. The molecule has 0 spiro atoms. The van der Waals surface area contributed by atoms with Gasteiger partial charge in [0.2, 0.25) is 5.91 Å². The lowest BCUT2D eigenvalue weighted by atomic mass is 10.1. The van der Waals surface area contributed by atoms with Crippen LogP contribution in [-0.4, -0.2) is 51.7 Å². The van der Waals surface area contributed by atoms with Crippen LogP contribution in [0.15, 0.2) is 46.0 Å². The number of piperazine rings is 1. The van der Waals surface area contributed by atoms with Crippen LogP contribution in [0.3, 0.4) is 0 Å². The van der Waals surface area contributed by atoms with Crippen LogP contribution in [0.1, 0.15) is 17.5 Å². The number of rotatable bonds is 5. The van der Waals surface area contributed by atoms with Crippen molar-refractivity contribution in [3.05, 3.63) is 68.2 Å². The van der Waals surface area contributed by atoms with Gasteiger partial charge in [-0.15, -0.1) is 0 Å². The molecule has 1 aromatic heterocycles. The van der Waals surface area contributed by atoms with Crippen molar-refractivity contribution in [3.8, 4) is 0 Å². The van der Waals surface area contributed by atoms with Gasteiger partial charge in [-0.2, -0.15) is 13.2 Å². The predicted molar refractivity (Wildman–Crippen MR) is 99.2 cm³/mol. The van der Waals surface area contributed by atoms with E-state index >= 15 is 0 Å². The van der Waals surface area contributed by atoms with Crippen molar-refractivity contribution in [2.24, 2.45) is 0 Å². The summed E-state index contributed by atoms with van der Waals surface area (Å²) in [5.74, 6) is -0.139. The Balaban J connectivity index is 1.50. The molecule has 0 unspecified atom stereocenters. The number of amides is 1. The van der Waals surface area contributed by atoms with Crippen LogP contribution in [0.5, 0.6) is 0 Å². The monoisotopic (exact) mass is 410 g/mol. The summed E-state index contributed by atoms with van der Waals surface area (Å²) >= 11 is 0. The number of carbonyl (C=O) groups excluding carboxylic acids is 1. The van der Waals surface area contributed by atoms with Crippen molar-refractivity contribution in [1.29, 1.82) is 0 Å². The van der Waals surface area contributed by atoms with E-state index in [0.29, 0.717) is 38.3 Å². The van der Waals surface area contributed by atoms with E-state index in [1.165, 1.54) is 6.07 Å². The number of benzene rings is 1. The van der Waals surface area contributed by atoms with Crippen molar-refractivity contribution in [1.82, 2.24) is 19.6 Å². The molecule has 10 heteroatoms. The highest BCUT2D eigenvalue weighted by molar-refractivity contribution is 5.76. The lowest BCUT2D eigenvalue weighted by Crippen LogP contribution is -2.48. The summed E-state index contributed by atoms with van der Waals surface area (Å²) in [4.78, 5) is 38.9. The Morgan fingerprint density at radius 1 is 1.03 bits per heavy atom. The first-order chi connectivity index (χ1) is 13.7. The Morgan fingerprint density at radius 2 is 1.76 bits per heavy atom. The van der Waals surface area contributed by atoms with Gasteiger partial charge in [-0.05, 0) is 11.6 Å². The summed E-state index contributed by atoms with van der Waals surface area (Å²) in [5, 5.41) is 2.37. The highest BCUT2D eigenvalue weighted by atomic mass is 19.4. The molecule has 156 valence electrons. The molecule has 1 amide bonds. The quantitative estimate of drug-likeness (QED) is 0.806. The minimum absolute atomic E-state index is 0.0769. The van der Waals surface area contributed by atoms with Crippen molar-refractivity contribution >= 4 is 5.91 Å². The molecule has 1 fully saturated rings. The molecule has 2 heterocycles. The second-order valence-corrected chi connectivity index (χ2v) is 6.90. The normalized spacial score (nSPS) is 15.5. The number of hydrogen-bond donors (Lipinski definition) is 1. The third kappa shape index (κ3) is 5.57. The average Bonchev–Trinajstić information content (AvgIpc) is 2.68. The van der Waals surface area contributed by atoms with Gasteiger partial charge < -0.3 is 4.90 Å². The van der Waals surface area contributed by atoms with Crippen LogP contribution < -0.4 is 11.1 Å². The zero-order valence-corrected chi connectivity index (χ0v) is 15.6. The Hall–Kier alpha value is -2.88. The van der Waals surface area contributed by atoms with E-state index in [9.17, 15) is 27.6 Å². The van der Waals surface area contributed by atoms with Gasteiger partial charge in [0.05, 0.1) is 12.1 Å². The van der Waals surface area contributed by atoms with Gasteiger partial charge in [-0.3, -0.25) is 24.4 Å². The summed E-state index contributed by atoms with van der Waals surface area (Å²) in [6.45, 7) is 2.47. The fourth-order valence-corrected chi connectivity index (χ4v) is 3.25. The van der Waals surface area contributed by atoms with E-state index < -0.39 is 17.3 Å². The fraction of sp³-hybridized carbons (Fsp3) is 0.421. The van der Waals surface area contributed by atoms with Crippen LogP contribution in [0.25, 0.3) is 0 Å². The molecule has 7 nitrogen and oxygen atoms in total. The molecule has 0 saturated carbocycles. The Bertz CT molecular complexity index is 975. The van der Waals surface area contributed by atoms with Gasteiger partial charge in [0.25, 0.3) is 11.1 Å². The number of aromatic amines is 1. The lowest BCUT2D eigenvalue weighted by molar-refractivity contribution is -0.137. The topological polar surface area (TPSA) is 78.4 Å². The lowest BCUT2D eigenvalue weighted by Gasteiger charge is -2.35. The number of halogens is 3. The number of nitrogens with one attached hydrogen (secondary N) is 1. The number of nitrogens with zero attached hydrogens (tertiary/aromatic N) is 3. The molecule has 1 N–H and O–H groups in total. The first-order valence-electron chi connectivity index (χ1n) is 9.19. The zero-order chi connectivity index (χ0) is 21.0. The van der Waals surface area contributed by atoms with Gasteiger partial charge in [-0.1, -0.05) is 18.2 Å². The SMILES string of the molecule is O=C(CCn1[nH]c(=O)ccc1=O)N1CCN(Cc2cccc(C(F)(F)F)c2)CC1. The minimum atomic E-state index is -4.37. The second kappa shape index (κ2) is 8.64. The number of H-pyrrole nitrogens is 1. The van der Waals surface area contributed by atoms with Gasteiger partial charge in [0, 0.05) is 51.3 Å². The van der Waals surface area contributed by atoms with E-state index in [2.05, 4.69) is 5.10 Å². The maximum Gasteiger partial charge on any atom is 0.416 e. The van der Waals surface area contributed by atoms with Gasteiger partial charge in [-0.25, -0.2) is 4.68 Å². The number of alkyl halides is 3. The molecule has 0 atom stereocenters. The van der Waals surface area contributed by atoms with Crippen LogP contribution in [0.2, 0.25) is 0 Å². The minimum Gasteiger partial charge on any atom is -0.340 e. The molecular weight excluding hydrogens is 389 g/mol. The maximum absolute atomic E-state index is 12.8. The number of hydrogen-bond acceptors (Lipinski definition) is 4. The van der Waals surface area contributed by atoms with Crippen molar-refractivity contribution < 1.29 is 18.0 Å². The molecular formula is C19H21F3N4O3. The molecule has 1 saturated heterocycles. The van der Waals surface area contributed by atoms with Crippen molar-refractivity contribution in [3.63, 3.8) is 0 Å². The second-order valence-electron chi connectivity index (χ2n) is 6.90. The standard InChI is InChI=1S/C19H21F3N4O3/c20-19(21,22)15-3-1-2-14(12-15)13-24-8-10-25(11-9-24)17(28)6-7-26-18(29)5-4-16(27)23-26/h1-5,12H,6-11,13H2,(H,23,27). The third-order valence-electron chi connectivity index (χ3n) is 4.82. The molecule has 0 radical (unpaired) electrons. The van der Waals surface area contributed by atoms with Crippen molar-refractivity contribution in [2.45, 2.75) is 25.7 Å². The predicted octanol–water partition coefficient (Wildman–Crippen LogP) is 1.29. The van der Waals surface area contributed by atoms with Crippen molar-refractivity contribution in [2.75, 3.05) is 26.2 Å². The number of carbonyl (C=O) groups is 1. The maximum atomic E-state index is 12.8. The summed E-state index contributed by atoms with van der Waals surface area (Å²) in [6.07, 6.45) is -4.29. The highest BCUT2D eigenvalue weighted by Gasteiger charge is 2.30. The molecule has 1 aliphatic heterocycles. The summed E-state index contributed by atoms with van der Waals surface area (Å²) in [5.41, 5.74) is -0.895. The van der Waals surface area contributed by atoms with E-state index in [1.54, 1.807) is 11.0 Å². The fourth-order valence-electron chi connectivity index (χ4n) is 3.25. The largest absolute Gasteiger partial charge is 0.416 e. The number of aryl methyl sites for hydroxylation is 1. The third-order valence-corrected chi connectivity index (χ3v) is 4.82. The van der Waals surface area contributed by atoms with Gasteiger partial charge >= 0.3 is 6.18 Å². The molecule has 1 aromatic carbocycles.